The zero-order chi connectivity index (χ0) is 19.5. The molecule has 2 rings (SSSR count). The third-order valence-corrected chi connectivity index (χ3v) is 4.60. The first kappa shape index (κ1) is 21.0. The van der Waals surface area contributed by atoms with Crippen LogP contribution in [0.15, 0.2) is 39.9 Å². The SMILES string of the molecule is CCN(CC)CCCCNC(=NC)NCc1coc(-c2ccc(C)cc2)n1. The summed E-state index contributed by atoms with van der Waals surface area (Å²) in [6, 6.07) is 8.17. The highest BCUT2D eigenvalue weighted by molar-refractivity contribution is 5.79. The number of nitrogens with one attached hydrogen (secondary N) is 2. The largest absolute Gasteiger partial charge is 0.444 e. The molecule has 0 aliphatic heterocycles. The van der Waals surface area contributed by atoms with Crippen LogP contribution in [0.25, 0.3) is 11.5 Å². The van der Waals surface area contributed by atoms with E-state index in [9.17, 15) is 0 Å². The van der Waals surface area contributed by atoms with E-state index in [4.69, 9.17) is 4.42 Å². The minimum Gasteiger partial charge on any atom is -0.444 e. The van der Waals surface area contributed by atoms with Crippen molar-refractivity contribution in [2.24, 2.45) is 4.99 Å². The maximum Gasteiger partial charge on any atom is 0.226 e. The van der Waals surface area contributed by atoms with Crippen molar-refractivity contribution >= 4 is 5.96 Å². The highest BCUT2D eigenvalue weighted by atomic mass is 16.3. The van der Waals surface area contributed by atoms with E-state index in [1.165, 1.54) is 12.0 Å². The fraction of sp³-hybridized carbons (Fsp3) is 0.524. The summed E-state index contributed by atoms with van der Waals surface area (Å²) in [5, 5.41) is 6.64. The molecule has 1 aromatic carbocycles. The molecule has 0 atom stereocenters. The second-order valence-electron chi connectivity index (χ2n) is 6.60. The quantitative estimate of drug-likeness (QED) is 0.380. The second kappa shape index (κ2) is 11.4. The molecule has 0 saturated heterocycles. The summed E-state index contributed by atoms with van der Waals surface area (Å²) in [7, 11) is 1.78. The Balaban J connectivity index is 1.72. The molecule has 0 aliphatic rings. The van der Waals surface area contributed by atoms with Crippen LogP contribution in [0.2, 0.25) is 0 Å². The molecule has 148 valence electrons. The van der Waals surface area contributed by atoms with Gasteiger partial charge in [0.2, 0.25) is 5.89 Å². The lowest BCUT2D eigenvalue weighted by Crippen LogP contribution is -2.37. The second-order valence-corrected chi connectivity index (χ2v) is 6.60. The first-order chi connectivity index (χ1) is 13.2. The monoisotopic (exact) mass is 371 g/mol. The van der Waals surface area contributed by atoms with Crippen LogP contribution in [-0.4, -0.2) is 49.1 Å². The molecule has 0 radical (unpaired) electrons. The number of hydrogen-bond donors (Lipinski definition) is 2. The lowest BCUT2D eigenvalue weighted by Gasteiger charge is -2.17. The zero-order valence-corrected chi connectivity index (χ0v) is 17.1. The van der Waals surface area contributed by atoms with Crippen molar-refractivity contribution in [1.82, 2.24) is 20.5 Å². The van der Waals surface area contributed by atoms with Gasteiger partial charge in [-0.15, -0.1) is 0 Å². The number of aliphatic imine (C=N–C) groups is 1. The van der Waals surface area contributed by atoms with Crippen LogP contribution in [0.4, 0.5) is 0 Å². The molecular formula is C21H33N5O. The molecule has 0 unspecified atom stereocenters. The van der Waals surface area contributed by atoms with Crippen LogP contribution < -0.4 is 10.6 Å². The van der Waals surface area contributed by atoms with Gasteiger partial charge in [0.1, 0.15) is 6.26 Å². The molecule has 1 heterocycles. The van der Waals surface area contributed by atoms with Gasteiger partial charge < -0.3 is 20.0 Å². The topological polar surface area (TPSA) is 65.7 Å². The van der Waals surface area contributed by atoms with E-state index in [2.05, 4.69) is 58.4 Å². The molecule has 6 heteroatoms. The van der Waals surface area contributed by atoms with Crippen molar-refractivity contribution in [2.45, 2.75) is 40.2 Å². The van der Waals surface area contributed by atoms with E-state index in [-0.39, 0.29) is 0 Å². The average Bonchev–Trinajstić information content (AvgIpc) is 3.16. The van der Waals surface area contributed by atoms with Gasteiger partial charge in [0, 0.05) is 19.2 Å². The summed E-state index contributed by atoms with van der Waals surface area (Å²) < 4.78 is 5.60. The summed E-state index contributed by atoms with van der Waals surface area (Å²) in [5.41, 5.74) is 3.07. The van der Waals surface area contributed by atoms with Crippen molar-refractivity contribution in [3.63, 3.8) is 0 Å². The van der Waals surface area contributed by atoms with E-state index in [0.717, 1.165) is 49.8 Å². The highest BCUT2D eigenvalue weighted by Gasteiger charge is 2.07. The molecule has 27 heavy (non-hydrogen) atoms. The van der Waals surface area contributed by atoms with E-state index in [1.807, 2.05) is 12.1 Å². The Morgan fingerprint density at radius 3 is 2.52 bits per heavy atom. The van der Waals surface area contributed by atoms with Gasteiger partial charge in [0.25, 0.3) is 0 Å². The van der Waals surface area contributed by atoms with Gasteiger partial charge in [0.15, 0.2) is 5.96 Å². The van der Waals surface area contributed by atoms with Gasteiger partial charge in [-0.3, -0.25) is 4.99 Å². The zero-order valence-electron chi connectivity index (χ0n) is 17.1. The van der Waals surface area contributed by atoms with Crippen LogP contribution in [0.3, 0.4) is 0 Å². The van der Waals surface area contributed by atoms with E-state index >= 15 is 0 Å². The Kier molecular flexibility index (Phi) is 8.84. The number of aromatic nitrogens is 1. The molecule has 0 amide bonds. The van der Waals surface area contributed by atoms with Crippen LogP contribution in [0.5, 0.6) is 0 Å². The van der Waals surface area contributed by atoms with Crippen LogP contribution >= 0.6 is 0 Å². The molecule has 0 bridgehead atoms. The molecule has 0 aliphatic carbocycles. The molecule has 1 aromatic heterocycles. The predicted octanol–water partition coefficient (Wildman–Crippen LogP) is 3.44. The highest BCUT2D eigenvalue weighted by Crippen LogP contribution is 2.18. The molecule has 0 fully saturated rings. The number of rotatable bonds is 10. The number of hydrogen-bond acceptors (Lipinski definition) is 4. The third-order valence-electron chi connectivity index (χ3n) is 4.60. The fourth-order valence-electron chi connectivity index (χ4n) is 2.82. The number of aryl methyl sites for hydroxylation is 1. The van der Waals surface area contributed by atoms with Crippen molar-refractivity contribution in [2.75, 3.05) is 33.2 Å². The van der Waals surface area contributed by atoms with Crippen molar-refractivity contribution < 1.29 is 4.42 Å². The van der Waals surface area contributed by atoms with Gasteiger partial charge in [-0.05, 0) is 51.5 Å². The lowest BCUT2D eigenvalue weighted by atomic mass is 10.1. The number of oxazole rings is 1. The standard InChI is InChI=1S/C21H33N5O/c1-5-26(6-2)14-8-7-13-23-21(22-4)24-15-19-16-27-20(25-19)18-11-9-17(3)10-12-18/h9-12,16H,5-8,13-15H2,1-4H3,(H2,22,23,24). The molecule has 0 spiro atoms. The summed E-state index contributed by atoms with van der Waals surface area (Å²) >= 11 is 0. The first-order valence-electron chi connectivity index (χ1n) is 9.84. The molecule has 0 saturated carbocycles. The van der Waals surface area contributed by atoms with Crippen molar-refractivity contribution in [1.29, 1.82) is 0 Å². The molecular weight excluding hydrogens is 338 g/mol. The van der Waals surface area contributed by atoms with Gasteiger partial charge in [-0.25, -0.2) is 4.98 Å². The minimum atomic E-state index is 0.578. The normalized spacial score (nSPS) is 11.8. The molecule has 6 nitrogen and oxygen atoms in total. The Morgan fingerprint density at radius 1 is 1.11 bits per heavy atom. The Hall–Kier alpha value is -2.34. The Bertz CT molecular complexity index is 689. The first-order valence-corrected chi connectivity index (χ1v) is 9.84. The van der Waals surface area contributed by atoms with Crippen LogP contribution in [0, 0.1) is 6.92 Å². The maximum absolute atomic E-state index is 5.60. The maximum atomic E-state index is 5.60. The number of nitrogens with zero attached hydrogens (tertiary/aromatic N) is 3. The Labute approximate surface area is 163 Å². The van der Waals surface area contributed by atoms with Gasteiger partial charge in [-0.1, -0.05) is 31.5 Å². The van der Waals surface area contributed by atoms with Crippen molar-refractivity contribution in [3.05, 3.63) is 41.8 Å². The van der Waals surface area contributed by atoms with Gasteiger partial charge >= 0.3 is 0 Å². The average molecular weight is 372 g/mol. The van der Waals surface area contributed by atoms with E-state index in [1.54, 1.807) is 13.3 Å². The summed E-state index contributed by atoms with van der Waals surface area (Å²) in [4.78, 5) is 11.3. The summed E-state index contributed by atoms with van der Waals surface area (Å²) in [6.45, 7) is 11.4. The molecule has 2 aromatic rings. The lowest BCUT2D eigenvalue weighted by molar-refractivity contribution is 0.297. The number of unbranched alkanes of at least 4 members (excludes halogenated alkanes) is 1. The molecule has 2 N–H and O–H groups in total. The van der Waals surface area contributed by atoms with E-state index in [0.29, 0.717) is 12.4 Å². The Morgan fingerprint density at radius 2 is 1.85 bits per heavy atom. The smallest absolute Gasteiger partial charge is 0.226 e. The fourth-order valence-corrected chi connectivity index (χ4v) is 2.82. The van der Waals surface area contributed by atoms with Gasteiger partial charge in [-0.2, -0.15) is 0 Å². The third kappa shape index (κ3) is 7.06. The van der Waals surface area contributed by atoms with Crippen LogP contribution in [-0.2, 0) is 6.54 Å². The van der Waals surface area contributed by atoms with Crippen molar-refractivity contribution in [3.8, 4) is 11.5 Å². The minimum absolute atomic E-state index is 0.578. The van der Waals surface area contributed by atoms with Crippen LogP contribution in [0.1, 0.15) is 37.9 Å². The predicted molar refractivity (Wildman–Crippen MR) is 112 cm³/mol. The summed E-state index contributed by atoms with van der Waals surface area (Å²) in [5.74, 6) is 1.43. The number of benzene rings is 1. The number of guanidine groups is 1. The van der Waals surface area contributed by atoms with E-state index < -0.39 is 0 Å². The van der Waals surface area contributed by atoms with Gasteiger partial charge in [0.05, 0.1) is 12.2 Å². The summed E-state index contributed by atoms with van der Waals surface area (Å²) in [6.07, 6.45) is 4.01.